The molecule has 0 saturated carbocycles. The monoisotopic (exact) mass is 560 g/mol. The summed E-state index contributed by atoms with van der Waals surface area (Å²) in [5.74, 6) is 0. The largest absolute Gasteiger partial charge is 0.309 e. The van der Waals surface area contributed by atoms with Crippen molar-refractivity contribution in [3.63, 3.8) is 0 Å². The third-order valence-electron chi connectivity index (χ3n) is 8.91. The van der Waals surface area contributed by atoms with Gasteiger partial charge in [0.2, 0.25) is 0 Å². The predicted molar refractivity (Wildman–Crippen MR) is 186 cm³/mol. The van der Waals surface area contributed by atoms with Crippen LogP contribution in [0, 0.1) is 0 Å². The van der Waals surface area contributed by atoms with Crippen LogP contribution < -0.4 is 0 Å². The normalized spacial score (nSPS) is 11.6. The van der Waals surface area contributed by atoms with Crippen LogP contribution in [-0.2, 0) is 0 Å². The molecule has 2 heteroatoms. The molecular formula is C42H28N2. The Morgan fingerprint density at radius 3 is 1.66 bits per heavy atom. The lowest BCUT2D eigenvalue weighted by Gasteiger charge is -2.19. The summed E-state index contributed by atoms with van der Waals surface area (Å²) < 4.78 is 4.92. The van der Waals surface area contributed by atoms with Crippen LogP contribution in [0.1, 0.15) is 0 Å². The fourth-order valence-corrected chi connectivity index (χ4v) is 7.11. The summed E-state index contributed by atoms with van der Waals surface area (Å²) in [6, 6.07) is 61.3. The maximum atomic E-state index is 2.52. The van der Waals surface area contributed by atoms with E-state index in [-0.39, 0.29) is 0 Å². The van der Waals surface area contributed by atoms with Crippen molar-refractivity contribution in [1.29, 1.82) is 0 Å². The molecule has 2 aromatic heterocycles. The zero-order valence-corrected chi connectivity index (χ0v) is 24.1. The van der Waals surface area contributed by atoms with Crippen molar-refractivity contribution in [2.24, 2.45) is 0 Å². The van der Waals surface area contributed by atoms with Gasteiger partial charge in [-0.3, -0.25) is 0 Å². The lowest BCUT2D eigenvalue weighted by molar-refractivity contribution is 1.17. The molecule has 0 N–H and O–H groups in total. The average Bonchev–Trinajstić information content (AvgIpc) is 3.62. The van der Waals surface area contributed by atoms with Crippen molar-refractivity contribution in [3.05, 3.63) is 170 Å². The third-order valence-corrected chi connectivity index (χ3v) is 8.91. The number of nitrogens with zero attached hydrogens (tertiary/aromatic N) is 2. The number of fused-ring (bicyclic) bond motifs is 7. The molecule has 0 amide bonds. The number of para-hydroxylation sites is 3. The van der Waals surface area contributed by atoms with Gasteiger partial charge in [-0.1, -0.05) is 133 Å². The minimum absolute atomic E-state index is 1.16. The van der Waals surface area contributed by atoms with Gasteiger partial charge in [0.05, 0.1) is 27.8 Å². The highest BCUT2D eigenvalue weighted by molar-refractivity contribution is 6.26. The maximum Gasteiger partial charge on any atom is 0.0641 e. The van der Waals surface area contributed by atoms with Crippen molar-refractivity contribution in [2.45, 2.75) is 0 Å². The van der Waals surface area contributed by atoms with Gasteiger partial charge in [0.1, 0.15) is 0 Å². The first-order valence-corrected chi connectivity index (χ1v) is 15.1. The van der Waals surface area contributed by atoms with Gasteiger partial charge in [0.15, 0.2) is 0 Å². The van der Waals surface area contributed by atoms with Crippen LogP contribution in [0.25, 0.3) is 77.2 Å². The van der Waals surface area contributed by atoms with Crippen LogP contribution in [0.15, 0.2) is 170 Å². The summed E-state index contributed by atoms with van der Waals surface area (Å²) in [5.41, 5.74) is 12.0. The molecular weight excluding hydrogens is 532 g/mol. The number of aromatic nitrogens is 2. The number of hydrogen-bond acceptors (Lipinski definition) is 0. The van der Waals surface area contributed by atoms with E-state index in [0.29, 0.717) is 0 Å². The molecule has 0 atom stereocenters. The van der Waals surface area contributed by atoms with Gasteiger partial charge in [0.25, 0.3) is 0 Å². The van der Waals surface area contributed by atoms with E-state index in [1.54, 1.807) is 0 Å². The van der Waals surface area contributed by atoms with Crippen LogP contribution in [-0.4, -0.2) is 9.13 Å². The Hall–Kier alpha value is -5.86. The number of rotatable bonds is 4. The van der Waals surface area contributed by atoms with E-state index in [2.05, 4.69) is 179 Å². The van der Waals surface area contributed by atoms with E-state index in [0.717, 1.165) is 5.69 Å². The Morgan fingerprint density at radius 1 is 0.341 bits per heavy atom. The molecule has 206 valence electrons. The highest BCUT2D eigenvalue weighted by Crippen LogP contribution is 2.45. The second kappa shape index (κ2) is 9.86. The number of hydrogen-bond donors (Lipinski definition) is 0. The molecule has 7 aromatic carbocycles. The zero-order valence-electron chi connectivity index (χ0n) is 24.1. The average molecular weight is 561 g/mol. The molecule has 0 spiro atoms. The summed E-state index contributed by atoms with van der Waals surface area (Å²) in [7, 11) is 0. The van der Waals surface area contributed by atoms with E-state index in [9.17, 15) is 0 Å². The first-order chi connectivity index (χ1) is 21.9. The lowest BCUT2D eigenvalue weighted by Crippen LogP contribution is -2.00. The van der Waals surface area contributed by atoms with Crippen LogP contribution in [0.3, 0.4) is 0 Å². The topological polar surface area (TPSA) is 9.86 Å². The van der Waals surface area contributed by atoms with Crippen molar-refractivity contribution in [3.8, 4) is 33.6 Å². The minimum Gasteiger partial charge on any atom is -0.309 e. The van der Waals surface area contributed by atoms with E-state index >= 15 is 0 Å². The fourth-order valence-electron chi connectivity index (χ4n) is 7.11. The van der Waals surface area contributed by atoms with E-state index in [1.807, 2.05) is 0 Å². The molecule has 0 radical (unpaired) electrons. The molecule has 9 rings (SSSR count). The molecule has 44 heavy (non-hydrogen) atoms. The molecule has 2 heterocycles. The van der Waals surface area contributed by atoms with Gasteiger partial charge in [-0.25, -0.2) is 0 Å². The Labute approximate surface area is 255 Å². The van der Waals surface area contributed by atoms with Gasteiger partial charge in [-0.15, -0.1) is 0 Å². The van der Waals surface area contributed by atoms with Crippen molar-refractivity contribution in [2.75, 3.05) is 0 Å². The summed E-state index contributed by atoms with van der Waals surface area (Å²) in [6.07, 6.45) is 0. The zero-order chi connectivity index (χ0) is 29.0. The fraction of sp³-hybridized carbons (Fsp3) is 0. The molecule has 0 aliphatic heterocycles. The van der Waals surface area contributed by atoms with Gasteiger partial charge in [0, 0.05) is 32.8 Å². The molecule has 0 aliphatic carbocycles. The first-order valence-electron chi connectivity index (χ1n) is 15.1. The molecule has 2 nitrogen and oxygen atoms in total. The number of benzene rings is 7. The Morgan fingerprint density at radius 2 is 0.932 bits per heavy atom. The smallest absolute Gasteiger partial charge is 0.0641 e. The first kappa shape index (κ1) is 24.7. The molecule has 0 bridgehead atoms. The van der Waals surface area contributed by atoms with E-state index in [4.69, 9.17) is 0 Å². The van der Waals surface area contributed by atoms with Crippen LogP contribution in [0.4, 0.5) is 0 Å². The Bertz CT molecular complexity index is 2470. The molecule has 0 unspecified atom stereocenters. The predicted octanol–water partition coefficient (Wildman–Crippen LogP) is 11.2. The molecule has 0 fully saturated rings. The van der Waals surface area contributed by atoms with Gasteiger partial charge in [-0.2, -0.15) is 0 Å². The SMILES string of the molecule is c1ccc(-c2cccc(-n3c4ccccc4c4ccc5c(c6ccccc6n5-c5ccccc5)c43)c2-c2ccccc2)cc1. The maximum absolute atomic E-state index is 2.52. The Kier molecular flexibility index (Phi) is 5.54. The summed E-state index contributed by atoms with van der Waals surface area (Å²) >= 11 is 0. The molecule has 9 aromatic rings. The van der Waals surface area contributed by atoms with Gasteiger partial charge >= 0.3 is 0 Å². The lowest BCUT2D eigenvalue weighted by atomic mass is 9.92. The summed E-state index contributed by atoms with van der Waals surface area (Å²) in [4.78, 5) is 0. The molecule has 0 saturated heterocycles. The highest BCUT2D eigenvalue weighted by Gasteiger charge is 2.23. The van der Waals surface area contributed by atoms with Crippen molar-refractivity contribution < 1.29 is 0 Å². The van der Waals surface area contributed by atoms with Gasteiger partial charge in [-0.05, 0) is 53.1 Å². The highest BCUT2D eigenvalue weighted by atomic mass is 15.0. The van der Waals surface area contributed by atoms with E-state index in [1.165, 1.54) is 71.6 Å². The van der Waals surface area contributed by atoms with Crippen LogP contribution in [0.2, 0.25) is 0 Å². The third kappa shape index (κ3) is 3.61. The summed E-state index contributed by atoms with van der Waals surface area (Å²) in [5, 5.41) is 5.03. The van der Waals surface area contributed by atoms with E-state index < -0.39 is 0 Å². The standard InChI is InChI=1S/C42H28N2/c1-4-15-29(16-5-1)32-23-14-26-38(40(32)30-17-6-2-7-18-30)44-36-24-12-10-21-33(36)34-27-28-39-41(42(34)44)35-22-11-13-25-37(35)43(39)31-19-8-3-9-20-31/h1-28H. The van der Waals surface area contributed by atoms with Crippen molar-refractivity contribution in [1.82, 2.24) is 9.13 Å². The second-order valence-corrected chi connectivity index (χ2v) is 11.3. The van der Waals surface area contributed by atoms with Crippen LogP contribution in [0.5, 0.6) is 0 Å². The Balaban J connectivity index is 1.50. The second-order valence-electron chi connectivity index (χ2n) is 11.3. The molecule has 0 aliphatic rings. The summed E-state index contributed by atoms with van der Waals surface area (Å²) in [6.45, 7) is 0. The van der Waals surface area contributed by atoms with Crippen LogP contribution >= 0.6 is 0 Å². The van der Waals surface area contributed by atoms with Crippen molar-refractivity contribution >= 4 is 43.6 Å². The quantitative estimate of drug-likeness (QED) is 0.203. The minimum atomic E-state index is 1.16. The van der Waals surface area contributed by atoms with Gasteiger partial charge < -0.3 is 9.13 Å².